The number of carbonyl (C=O) groups excluding carboxylic acids is 1. The van der Waals surface area contributed by atoms with Crippen LogP contribution >= 0.6 is 0 Å². The fourth-order valence-corrected chi connectivity index (χ4v) is 3.16. The van der Waals surface area contributed by atoms with E-state index in [2.05, 4.69) is 6.58 Å². The van der Waals surface area contributed by atoms with E-state index in [0.29, 0.717) is 19.3 Å². The Hall–Kier alpha value is -0.900. The molecule has 0 atom stereocenters. The Balaban J connectivity index is 2.65. The van der Waals surface area contributed by atoms with Gasteiger partial charge < -0.3 is 0 Å². The van der Waals surface area contributed by atoms with Crippen LogP contribution in [0.4, 0.5) is 0 Å². The number of ketones is 1. The quantitative estimate of drug-likeness (QED) is 0.788. The minimum Gasteiger partial charge on any atom is -0.295 e. The minimum absolute atomic E-state index is 0.153. The van der Waals surface area contributed by atoms with Crippen LogP contribution in [0.2, 0.25) is 0 Å². The molecule has 0 aromatic carbocycles. The zero-order chi connectivity index (χ0) is 14.0. The lowest BCUT2D eigenvalue weighted by Crippen LogP contribution is -2.28. The predicted octanol–water partition coefficient (Wildman–Crippen LogP) is 3.17. The number of carbonyl (C=O) groups is 1. The first-order valence-electron chi connectivity index (χ1n) is 6.29. The topological polar surface area (TPSA) is 51.2 Å². The van der Waals surface area contributed by atoms with E-state index in [1.807, 2.05) is 0 Å². The summed E-state index contributed by atoms with van der Waals surface area (Å²) >= 11 is 0. The highest BCUT2D eigenvalue weighted by molar-refractivity contribution is 7.96. The van der Waals surface area contributed by atoms with Crippen LogP contribution < -0.4 is 0 Å². The smallest absolute Gasteiger partial charge is 0.178 e. The molecule has 4 heteroatoms. The summed E-state index contributed by atoms with van der Waals surface area (Å²) in [6.45, 7) is 8.73. The molecule has 0 aromatic heterocycles. The van der Waals surface area contributed by atoms with Crippen molar-refractivity contribution in [2.75, 3.05) is 0 Å². The van der Waals surface area contributed by atoms with Crippen molar-refractivity contribution in [3.05, 3.63) is 23.1 Å². The zero-order valence-corrected chi connectivity index (χ0v) is 12.3. The van der Waals surface area contributed by atoms with Gasteiger partial charge in [0.05, 0.1) is 4.75 Å². The van der Waals surface area contributed by atoms with Gasteiger partial charge in [0, 0.05) is 11.3 Å². The fourth-order valence-electron chi connectivity index (χ4n) is 1.93. The van der Waals surface area contributed by atoms with Crippen molar-refractivity contribution in [2.24, 2.45) is 0 Å². The monoisotopic (exact) mass is 270 g/mol. The van der Waals surface area contributed by atoms with Crippen LogP contribution in [0.1, 0.15) is 52.9 Å². The Bertz CT molecular complexity index is 476. The zero-order valence-electron chi connectivity index (χ0n) is 11.5. The minimum atomic E-state index is -3.30. The van der Waals surface area contributed by atoms with Crippen LogP contribution in [-0.4, -0.2) is 18.9 Å². The molecule has 0 spiro atoms. The maximum absolute atomic E-state index is 12.1. The molecule has 0 radical (unpaired) electrons. The van der Waals surface area contributed by atoms with Gasteiger partial charge in [-0.2, -0.15) is 0 Å². The summed E-state index contributed by atoms with van der Waals surface area (Å²) in [5.74, 6) is 0.153. The highest BCUT2D eigenvalue weighted by Gasteiger charge is 2.31. The Labute approximate surface area is 110 Å². The molecule has 102 valence electrons. The first-order chi connectivity index (χ1) is 8.14. The van der Waals surface area contributed by atoms with Gasteiger partial charge in [-0.05, 0) is 52.5 Å². The molecule has 0 aliphatic heterocycles. The van der Waals surface area contributed by atoms with Gasteiger partial charge in [0.25, 0.3) is 0 Å². The maximum atomic E-state index is 12.1. The van der Waals surface area contributed by atoms with Crippen LogP contribution in [-0.2, 0) is 14.6 Å². The molecule has 3 nitrogen and oxygen atoms in total. The predicted molar refractivity (Wildman–Crippen MR) is 74.0 cm³/mol. The molecular formula is C14H22O3S. The van der Waals surface area contributed by atoms with E-state index < -0.39 is 14.6 Å². The number of rotatable bonds is 4. The first kappa shape index (κ1) is 15.2. The second-order valence-electron chi connectivity index (χ2n) is 5.78. The van der Waals surface area contributed by atoms with Gasteiger partial charge in [-0.15, -0.1) is 0 Å². The second-order valence-corrected chi connectivity index (χ2v) is 8.59. The van der Waals surface area contributed by atoms with Gasteiger partial charge in [-0.25, -0.2) is 8.42 Å². The summed E-state index contributed by atoms with van der Waals surface area (Å²) in [5, 5.41) is 0. The second kappa shape index (κ2) is 5.39. The highest BCUT2D eigenvalue weighted by atomic mass is 32.2. The van der Waals surface area contributed by atoms with E-state index in [9.17, 15) is 13.2 Å². The molecule has 0 N–H and O–H groups in total. The Kier molecular flexibility index (Phi) is 4.54. The molecule has 0 bridgehead atoms. The molecule has 1 aliphatic rings. The van der Waals surface area contributed by atoms with Gasteiger partial charge in [0.1, 0.15) is 0 Å². The van der Waals surface area contributed by atoms with Crippen LogP contribution in [0.3, 0.4) is 0 Å². The van der Waals surface area contributed by atoms with E-state index in [1.54, 1.807) is 26.8 Å². The molecule has 1 rings (SSSR count). The van der Waals surface area contributed by atoms with Crippen LogP contribution in [0.15, 0.2) is 23.1 Å². The van der Waals surface area contributed by atoms with Crippen LogP contribution in [0, 0.1) is 0 Å². The van der Waals surface area contributed by atoms with Crippen molar-refractivity contribution in [3.8, 4) is 0 Å². The summed E-state index contributed by atoms with van der Waals surface area (Å²) in [6, 6.07) is 0. The molecule has 0 unspecified atom stereocenters. The van der Waals surface area contributed by atoms with E-state index >= 15 is 0 Å². The maximum Gasteiger partial charge on any atom is 0.178 e. The molecule has 0 saturated heterocycles. The van der Waals surface area contributed by atoms with Gasteiger partial charge in [0.15, 0.2) is 15.6 Å². The number of hydrogen-bond acceptors (Lipinski definition) is 3. The summed E-state index contributed by atoms with van der Waals surface area (Å²) < 4.78 is 23.4. The molecular weight excluding hydrogens is 248 g/mol. The third-order valence-corrected chi connectivity index (χ3v) is 5.77. The highest BCUT2D eigenvalue weighted by Crippen LogP contribution is 2.28. The van der Waals surface area contributed by atoms with Gasteiger partial charge in [-0.3, -0.25) is 4.79 Å². The standard InChI is InChI=1S/C14H22O3S/c1-11(18(16,17)14(2,3)4)8-9-12-6-5-7-13(15)10-12/h10H,1,5-9H2,2-4H3. The van der Waals surface area contributed by atoms with Crippen molar-refractivity contribution in [1.29, 1.82) is 0 Å². The van der Waals surface area contributed by atoms with Crippen LogP contribution in [0.5, 0.6) is 0 Å². The van der Waals surface area contributed by atoms with Crippen molar-refractivity contribution in [2.45, 2.75) is 57.6 Å². The molecule has 1 aliphatic carbocycles. The van der Waals surface area contributed by atoms with Gasteiger partial charge in [-0.1, -0.05) is 12.2 Å². The number of allylic oxidation sites excluding steroid dienone is 3. The summed E-state index contributed by atoms with van der Waals surface area (Å²) in [4.78, 5) is 11.5. The van der Waals surface area contributed by atoms with Crippen LogP contribution in [0.25, 0.3) is 0 Å². The largest absolute Gasteiger partial charge is 0.295 e. The van der Waals surface area contributed by atoms with E-state index in [0.717, 1.165) is 18.4 Å². The third kappa shape index (κ3) is 3.55. The normalized spacial score (nSPS) is 17.5. The molecule has 0 saturated carbocycles. The lowest BCUT2D eigenvalue weighted by molar-refractivity contribution is -0.115. The SMILES string of the molecule is C=C(CCC1=CC(=O)CCC1)S(=O)(=O)C(C)(C)C. The van der Waals surface area contributed by atoms with Crippen molar-refractivity contribution >= 4 is 15.6 Å². The van der Waals surface area contributed by atoms with E-state index in [4.69, 9.17) is 0 Å². The Morgan fingerprint density at radius 2 is 1.94 bits per heavy atom. The van der Waals surface area contributed by atoms with E-state index in [1.165, 1.54) is 0 Å². The van der Waals surface area contributed by atoms with Crippen molar-refractivity contribution < 1.29 is 13.2 Å². The summed E-state index contributed by atoms with van der Waals surface area (Å²) in [6.07, 6.45) is 5.10. The average molecular weight is 270 g/mol. The van der Waals surface area contributed by atoms with Gasteiger partial charge >= 0.3 is 0 Å². The summed E-state index contributed by atoms with van der Waals surface area (Å²) in [7, 11) is -3.30. The molecule has 0 fully saturated rings. The van der Waals surface area contributed by atoms with Crippen molar-refractivity contribution in [1.82, 2.24) is 0 Å². The number of sulfone groups is 1. The first-order valence-corrected chi connectivity index (χ1v) is 7.77. The molecule has 0 amide bonds. The fraction of sp³-hybridized carbons (Fsp3) is 0.643. The molecule has 0 heterocycles. The number of hydrogen-bond donors (Lipinski definition) is 0. The molecule has 18 heavy (non-hydrogen) atoms. The lowest BCUT2D eigenvalue weighted by atomic mass is 9.95. The Morgan fingerprint density at radius 1 is 1.33 bits per heavy atom. The summed E-state index contributed by atoms with van der Waals surface area (Å²) in [5.41, 5.74) is 1.05. The molecule has 0 aromatic rings. The third-order valence-electron chi connectivity index (χ3n) is 3.20. The van der Waals surface area contributed by atoms with Crippen molar-refractivity contribution in [3.63, 3.8) is 0 Å². The van der Waals surface area contributed by atoms with E-state index in [-0.39, 0.29) is 10.7 Å². The Morgan fingerprint density at radius 3 is 2.44 bits per heavy atom. The van der Waals surface area contributed by atoms with Gasteiger partial charge in [0.2, 0.25) is 0 Å². The average Bonchev–Trinajstić information content (AvgIpc) is 2.24. The lowest BCUT2D eigenvalue weighted by Gasteiger charge is -2.21.